The van der Waals surface area contributed by atoms with Crippen LogP contribution in [0.2, 0.25) is 0 Å². The number of amides is 1. The molecule has 21 heavy (non-hydrogen) atoms. The minimum Gasteiger partial charge on any atom is -0.492 e. The predicted molar refractivity (Wildman–Crippen MR) is 88.8 cm³/mol. The molecule has 0 saturated heterocycles. The number of carbonyl (C=O) groups is 1. The maximum atomic E-state index is 12.2. The molecule has 1 saturated carbocycles. The second-order valence-corrected chi connectivity index (χ2v) is 6.99. The zero-order valence-corrected chi connectivity index (χ0v) is 14.4. The molecule has 0 heterocycles. The summed E-state index contributed by atoms with van der Waals surface area (Å²) in [7, 11) is 0. The Balaban J connectivity index is 1.92. The van der Waals surface area contributed by atoms with Crippen LogP contribution >= 0.6 is 15.9 Å². The molecule has 1 aliphatic carbocycles. The van der Waals surface area contributed by atoms with Gasteiger partial charge in [0.05, 0.1) is 11.1 Å². The lowest BCUT2D eigenvalue weighted by Gasteiger charge is -2.13. The highest BCUT2D eigenvalue weighted by atomic mass is 79.9. The molecule has 0 unspecified atom stereocenters. The summed E-state index contributed by atoms with van der Waals surface area (Å²) in [4.78, 5) is 12.2. The van der Waals surface area contributed by atoms with Crippen LogP contribution in [0.25, 0.3) is 0 Å². The third kappa shape index (κ3) is 5.03. The number of rotatable bonds is 6. The Morgan fingerprint density at radius 1 is 1.38 bits per heavy atom. The van der Waals surface area contributed by atoms with Crippen molar-refractivity contribution in [2.45, 2.75) is 52.0 Å². The van der Waals surface area contributed by atoms with Gasteiger partial charge < -0.3 is 10.1 Å². The largest absolute Gasteiger partial charge is 0.492 e. The molecule has 1 amide bonds. The standard InChI is InChI=1S/C17H24BrNO2/c1-12(2)9-10-21-16-8-7-13(11-15(16)18)17(20)19-14-5-3-4-6-14/h7-8,11-12,14H,3-6,9-10H2,1-2H3,(H,19,20). The number of halogens is 1. The second-order valence-electron chi connectivity index (χ2n) is 6.13. The maximum Gasteiger partial charge on any atom is 0.251 e. The molecule has 0 aliphatic heterocycles. The van der Waals surface area contributed by atoms with Crippen LogP contribution in [0, 0.1) is 5.92 Å². The van der Waals surface area contributed by atoms with Gasteiger partial charge in [-0.1, -0.05) is 26.7 Å². The van der Waals surface area contributed by atoms with Gasteiger partial charge in [-0.3, -0.25) is 4.79 Å². The van der Waals surface area contributed by atoms with Gasteiger partial charge in [0.25, 0.3) is 5.91 Å². The van der Waals surface area contributed by atoms with Gasteiger partial charge in [-0.05, 0) is 59.3 Å². The quantitative estimate of drug-likeness (QED) is 0.814. The third-order valence-corrected chi connectivity index (χ3v) is 4.46. The minimum atomic E-state index is 0.0105. The molecule has 0 spiro atoms. The number of carbonyl (C=O) groups excluding carboxylic acids is 1. The van der Waals surface area contributed by atoms with E-state index in [-0.39, 0.29) is 5.91 Å². The summed E-state index contributed by atoms with van der Waals surface area (Å²) in [5.41, 5.74) is 0.685. The summed E-state index contributed by atoms with van der Waals surface area (Å²) in [6.07, 6.45) is 5.66. The summed E-state index contributed by atoms with van der Waals surface area (Å²) in [5.74, 6) is 1.43. The highest BCUT2D eigenvalue weighted by molar-refractivity contribution is 9.10. The molecule has 0 atom stereocenters. The van der Waals surface area contributed by atoms with Crippen LogP contribution in [0.1, 0.15) is 56.3 Å². The van der Waals surface area contributed by atoms with Crippen LogP contribution < -0.4 is 10.1 Å². The molecule has 2 rings (SSSR count). The Hall–Kier alpha value is -1.03. The summed E-state index contributed by atoms with van der Waals surface area (Å²) in [5, 5.41) is 3.10. The van der Waals surface area contributed by atoms with Crippen LogP contribution in [-0.4, -0.2) is 18.6 Å². The first-order valence-electron chi connectivity index (χ1n) is 7.79. The predicted octanol–water partition coefficient (Wildman–Crippen LogP) is 4.55. The Morgan fingerprint density at radius 3 is 2.71 bits per heavy atom. The molecule has 0 radical (unpaired) electrons. The average molecular weight is 354 g/mol. The normalized spacial score (nSPS) is 15.4. The van der Waals surface area contributed by atoms with Crippen molar-refractivity contribution in [3.05, 3.63) is 28.2 Å². The Morgan fingerprint density at radius 2 is 2.10 bits per heavy atom. The first-order valence-corrected chi connectivity index (χ1v) is 8.59. The van der Waals surface area contributed by atoms with E-state index in [1.807, 2.05) is 18.2 Å². The number of hydrogen-bond donors (Lipinski definition) is 1. The van der Waals surface area contributed by atoms with E-state index in [4.69, 9.17) is 4.74 Å². The monoisotopic (exact) mass is 353 g/mol. The number of hydrogen-bond acceptors (Lipinski definition) is 2. The lowest BCUT2D eigenvalue weighted by Crippen LogP contribution is -2.32. The van der Waals surface area contributed by atoms with Crippen LogP contribution in [0.3, 0.4) is 0 Å². The minimum absolute atomic E-state index is 0.0105. The van der Waals surface area contributed by atoms with Crippen LogP contribution in [0.15, 0.2) is 22.7 Å². The highest BCUT2D eigenvalue weighted by Crippen LogP contribution is 2.27. The lowest BCUT2D eigenvalue weighted by molar-refractivity contribution is 0.0938. The molecule has 1 fully saturated rings. The van der Waals surface area contributed by atoms with E-state index in [0.717, 1.165) is 29.5 Å². The molecule has 0 bridgehead atoms. The smallest absolute Gasteiger partial charge is 0.251 e. The molecular weight excluding hydrogens is 330 g/mol. The Labute approximate surface area is 135 Å². The van der Waals surface area contributed by atoms with E-state index in [2.05, 4.69) is 35.1 Å². The van der Waals surface area contributed by atoms with Crippen molar-refractivity contribution >= 4 is 21.8 Å². The number of benzene rings is 1. The SMILES string of the molecule is CC(C)CCOc1ccc(C(=O)NC2CCCC2)cc1Br. The molecule has 4 heteroatoms. The third-order valence-electron chi connectivity index (χ3n) is 3.84. The van der Waals surface area contributed by atoms with Crippen molar-refractivity contribution in [2.75, 3.05) is 6.61 Å². The van der Waals surface area contributed by atoms with Crippen molar-refractivity contribution < 1.29 is 9.53 Å². The Bertz CT molecular complexity index is 482. The summed E-state index contributed by atoms with van der Waals surface area (Å²) >= 11 is 3.49. The van der Waals surface area contributed by atoms with Crippen molar-refractivity contribution in [1.29, 1.82) is 0 Å². The van der Waals surface area contributed by atoms with Crippen LogP contribution in [0.4, 0.5) is 0 Å². The van der Waals surface area contributed by atoms with E-state index in [9.17, 15) is 4.79 Å². The maximum absolute atomic E-state index is 12.2. The van der Waals surface area contributed by atoms with Gasteiger partial charge in [-0.25, -0.2) is 0 Å². The average Bonchev–Trinajstić information content (AvgIpc) is 2.93. The highest BCUT2D eigenvalue weighted by Gasteiger charge is 2.18. The topological polar surface area (TPSA) is 38.3 Å². The molecule has 1 aromatic carbocycles. The van der Waals surface area contributed by atoms with Gasteiger partial charge in [0.15, 0.2) is 0 Å². The van der Waals surface area contributed by atoms with Gasteiger partial charge in [0, 0.05) is 11.6 Å². The molecule has 3 nitrogen and oxygen atoms in total. The molecule has 0 aromatic heterocycles. The van der Waals surface area contributed by atoms with Gasteiger partial charge in [-0.2, -0.15) is 0 Å². The van der Waals surface area contributed by atoms with E-state index < -0.39 is 0 Å². The summed E-state index contributed by atoms with van der Waals surface area (Å²) in [6, 6.07) is 5.89. The first kappa shape index (κ1) is 16.3. The molecule has 1 aromatic rings. The zero-order valence-electron chi connectivity index (χ0n) is 12.8. The van der Waals surface area contributed by atoms with E-state index in [1.165, 1.54) is 12.8 Å². The van der Waals surface area contributed by atoms with E-state index in [0.29, 0.717) is 24.1 Å². The summed E-state index contributed by atoms with van der Waals surface area (Å²) in [6.45, 7) is 5.05. The Kier molecular flexibility index (Phi) is 6.09. The summed E-state index contributed by atoms with van der Waals surface area (Å²) < 4.78 is 6.58. The van der Waals surface area contributed by atoms with Crippen LogP contribution in [0.5, 0.6) is 5.75 Å². The molecule has 116 valence electrons. The van der Waals surface area contributed by atoms with Gasteiger partial charge in [0.1, 0.15) is 5.75 Å². The fraction of sp³-hybridized carbons (Fsp3) is 0.588. The first-order chi connectivity index (χ1) is 10.1. The molecule has 1 aliphatic rings. The fourth-order valence-corrected chi connectivity index (χ4v) is 3.00. The van der Waals surface area contributed by atoms with E-state index in [1.54, 1.807) is 0 Å². The zero-order chi connectivity index (χ0) is 15.2. The van der Waals surface area contributed by atoms with Crippen molar-refractivity contribution in [3.8, 4) is 5.75 Å². The van der Waals surface area contributed by atoms with Gasteiger partial charge in [0.2, 0.25) is 0 Å². The molecule has 1 N–H and O–H groups in total. The van der Waals surface area contributed by atoms with Crippen molar-refractivity contribution in [2.24, 2.45) is 5.92 Å². The number of ether oxygens (including phenoxy) is 1. The van der Waals surface area contributed by atoms with Gasteiger partial charge >= 0.3 is 0 Å². The lowest BCUT2D eigenvalue weighted by atomic mass is 10.1. The molecular formula is C17H24BrNO2. The van der Waals surface area contributed by atoms with Gasteiger partial charge in [-0.15, -0.1) is 0 Å². The van der Waals surface area contributed by atoms with Crippen molar-refractivity contribution in [1.82, 2.24) is 5.32 Å². The van der Waals surface area contributed by atoms with Crippen molar-refractivity contribution in [3.63, 3.8) is 0 Å². The van der Waals surface area contributed by atoms with Crippen LogP contribution in [-0.2, 0) is 0 Å². The second kappa shape index (κ2) is 7.83. The fourth-order valence-electron chi connectivity index (χ4n) is 2.50. The number of nitrogens with one attached hydrogen (secondary N) is 1. The van der Waals surface area contributed by atoms with E-state index >= 15 is 0 Å².